The maximum absolute atomic E-state index is 12.6. The molecule has 0 aliphatic rings. The highest BCUT2D eigenvalue weighted by molar-refractivity contribution is 9.10. The molecule has 0 saturated heterocycles. The van der Waals surface area contributed by atoms with Crippen molar-refractivity contribution in [3.05, 3.63) is 74.6 Å². The lowest BCUT2D eigenvalue weighted by atomic mass is 10.1. The first kappa shape index (κ1) is 18.3. The van der Waals surface area contributed by atoms with Crippen LogP contribution in [0.3, 0.4) is 0 Å². The highest BCUT2D eigenvalue weighted by Gasteiger charge is 2.18. The van der Waals surface area contributed by atoms with Gasteiger partial charge in [-0.3, -0.25) is 4.79 Å². The first-order valence-electron chi connectivity index (χ1n) is 8.51. The summed E-state index contributed by atoms with van der Waals surface area (Å²) < 4.78 is 7.75. The third-order valence-electron chi connectivity index (χ3n) is 4.07. The Balaban J connectivity index is 1.92. The molecule has 0 aliphatic carbocycles. The van der Waals surface area contributed by atoms with Crippen LogP contribution in [-0.4, -0.2) is 15.7 Å². The van der Waals surface area contributed by atoms with Gasteiger partial charge in [-0.05, 0) is 30.2 Å². The lowest BCUT2D eigenvalue weighted by molar-refractivity contribution is 0.0465. The first-order chi connectivity index (χ1) is 12.6. The van der Waals surface area contributed by atoms with Gasteiger partial charge < -0.3 is 4.74 Å². The van der Waals surface area contributed by atoms with Crippen molar-refractivity contribution < 1.29 is 9.53 Å². The maximum atomic E-state index is 12.6. The Morgan fingerprint density at radius 1 is 1.12 bits per heavy atom. The number of ether oxygens (including phenoxy) is 1. The molecule has 0 saturated carbocycles. The van der Waals surface area contributed by atoms with Crippen LogP contribution in [-0.2, 0) is 17.9 Å². The van der Waals surface area contributed by atoms with Crippen LogP contribution in [0.4, 0.5) is 0 Å². The summed E-state index contributed by atoms with van der Waals surface area (Å²) in [6.07, 6.45) is 1.75. The zero-order valence-electron chi connectivity index (χ0n) is 14.4. The van der Waals surface area contributed by atoms with Crippen LogP contribution < -0.4 is 5.56 Å². The van der Waals surface area contributed by atoms with E-state index in [2.05, 4.69) is 21.0 Å². The average molecular weight is 415 g/mol. The number of hydrogen-bond donors (Lipinski definition) is 0. The van der Waals surface area contributed by atoms with Gasteiger partial charge in [0.25, 0.3) is 5.56 Å². The number of benzene rings is 2. The fourth-order valence-electron chi connectivity index (χ4n) is 2.64. The molecular weight excluding hydrogens is 396 g/mol. The van der Waals surface area contributed by atoms with Crippen molar-refractivity contribution in [3.8, 4) is 0 Å². The average Bonchev–Trinajstić information content (AvgIpc) is 2.67. The number of aryl methyl sites for hydroxylation is 1. The van der Waals surface area contributed by atoms with Gasteiger partial charge in [-0.1, -0.05) is 59.6 Å². The molecule has 0 unspecified atom stereocenters. The van der Waals surface area contributed by atoms with E-state index in [0.717, 1.165) is 22.9 Å². The van der Waals surface area contributed by atoms with Gasteiger partial charge in [0.15, 0.2) is 5.69 Å². The van der Waals surface area contributed by atoms with E-state index in [4.69, 9.17) is 4.74 Å². The van der Waals surface area contributed by atoms with Crippen LogP contribution >= 0.6 is 15.9 Å². The van der Waals surface area contributed by atoms with Gasteiger partial charge in [0, 0.05) is 16.4 Å². The molecule has 1 aromatic heterocycles. The van der Waals surface area contributed by atoms with Crippen LogP contribution in [0.2, 0.25) is 0 Å². The number of unbranched alkanes of at least 4 members (excludes halogenated alkanes) is 1. The van der Waals surface area contributed by atoms with Crippen LogP contribution in [0.25, 0.3) is 10.8 Å². The van der Waals surface area contributed by atoms with E-state index in [-0.39, 0.29) is 17.9 Å². The molecular formula is C20H19BrN2O3. The zero-order chi connectivity index (χ0) is 18.5. The lowest BCUT2D eigenvalue weighted by Crippen LogP contribution is -2.26. The van der Waals surface area contributed by atoms with Crippen molar-refractivity contribution in [1.29, 1.82) is 0 Å². The summed E-state index contributed by atoms with van der Waals surface area (Å²) in [5.74, 6) is -0.533. The molecule has 6 heteroatoms. The Labute approximate surface area is 159 Å². The van der Waals surface area contributed by atoms with E-state index in [0.29, 0.717) is 17.3 Å². The Hall–Kier alpha value is -2.47. The first-order valence-corrected chi connectivity index (χ1v) is 9.31. The third kappa shape index (κ3) is 4.02. The fourth-order valence-corrected chi connectivity index (χ4v) is 2.91. The van der Waals surface area contributed by atoms with E-state index < -0.39 is 5.97 Å². The summed E-state index contributed by atoms with van der Waals surface area (Å²) >= 11 is 3.37. The number of nitrogens with zero attached hydrogens (tertiary/aromatic N) is 2. The normalized spacial score (nSPS) is 10.8. The molecule has 0 bridgehead atoms. The minimum atomic E-state index is -0.533. The summed E-state index contributed by atoms with van der Waals surface area (Å²) in [6, 6.07) is 14.5. The largest absolute Gasteiger partial charge is 0.456 e. The van der Waals surface area contributed by atoms with Crippen LogP contribution in [0.5, 0.6) is 0 Å². The van der Waals surface area contributed by atoms with Crippen molar-refractivity contribution in [1.82, 2.24) is 9.78 Å². The number of esters is 1. The van der Waals surface area contributed by atoms with Gasteiger partial charge in [0.2, 0.25) is 0 Å². The summed E-state index contributed by atoms with van der Waals surface area (Å²) in [4.78, 5) is 25.2. The van der Waals surface area contributed by atoms with Crippen LogP contribution in [0, 0.1) is 0 Å². The topological polar surface area (TPSA) is 61.2 Å². The van der Waals surface area contributed by atoms with Crippen molar-refractivity contribution >= 4 is 32.7 Å². The Morgan fingerprint density at radius 2 is 1.81 bits per heavy atom. The van der Waals surface area contributed by atoms with E-state index in [1.165, 1.54) is 4.68 Å². The molecule has 0 atom stereocenters. The predicted molar refractivity (Wildman–Crippen MR) is 104 cm³/mol. The molecule has 3 rings (SSSR count). The van der Waals surface area contributed by atoms with Crippen molar-refractivity contribution in [2.75, 3.05) is 0 Å². The smallest absolute Gasteiger partial charge is 0.359 e. The number of fused-ring (bicyclic) bond motifs is 1. The van der Waals surface area contributed by atoms with Gasteiger partial charge >= 0.3 is 5.97 Å². The minimum Gasteiger partial charge on any atom is -0.456 e. The molecule has 0 fully saturated rings. The second kappa shape index (κ2) is 8.27. The molecule has 0 aliphatic heterocycles. The predicted octanol–water partition coefficient (Wildman–Crippen LogP) is 4.32. The molecule has 134 valence electrons. The number of carbonyl (C=O) groups is 1. The molecule has 26 heavy (non-hydrogen) atoms. The zero-order valence-corrected chi connectivity index (χ0v) is 16.0. The maximum Gasteiger partial charge on any atom is 0.359 e. The molecule has 1 heterocycles. The van der Waals surface area contributed by atoms with Gasteiger partial charge in [0.1, 0.15) is 6.61 Å². The van der Waals surface area contributed by atoms with Crippen molar-refractivity contribution in [2.45, 2.75) is 32.9 Å². The highest BCUT2D eigenvalue weighted by Crippen LogP contribution is 2.16. The number of hydrogen-bond acceptors (Lipinski definition) is 4. The van der Waals surface area contributed by atoms with Crippen molar-refractivity contribution in [2.24, 2.45) is 0 Å². The van der Waals surface area contributed by atoms with E-state index >= 15 is 0 Å². The Bertz CT molecular complexity index is 981. The highest BCUT2D eigenvalue weighted by atomic mass is 79.9. The second-order valence-electron chi connectivity index (χ2n) is 5.98. The summed E-state index contributed by atoms with van der Waals surface area (Å²) in [5, 5.41) is 5.29. The molecule has 0 spiro atoms. The lowest BCUT2D eigenvalue weighted by Gasteiger charge is -2.11. The number of carbonyl (C=O) groups excluding carboxylic acids is 1. The van der Waals surface area contributed by atoms with Crippen LogP contribution in [0.15, 0.2) is 57.8 Å². The Kier molecular flexibility index (Phi) is 5.83. The standard InChI is InChI=1S/C20H19BrN2O3/c1-2-3-12-23-19(24)17-7-5-4-6-16(17)18(22-23)20(25)26-13-14-8-10-15(21)11-9-14/h4-11H,2-3,12-13H2,1H3. The minimum absolute atomic E-state index is 0.149. The summed E-state index contributed by atoms with van der Waals surface area (Å²) in [5.41, 5.74) is 0.872. The molecule has 0 amide bonds. The summed E-state index contributed by atoms with van der Waals surface area (Å²) in [6.45, 7) is 2.67. The molecule has 0 N–H and O–H groups in total. The van der Waals surface area contributed by atoms with Crippen molar-refractivity contribution in [3.63, 3.8) is 0 Å². The summed E-state index contributed by atoms with van der Waals surface area (Å²) in [7, 11) is 0. The SMILES string of the molecule is CCCCn1nc(C(=O)OCc2ccc(Br)cc2)c2ccccc2c1=O. The number of rotatable bonds is 6. The van der Waals surface area contributed by atoms with Gasteiger partial charge in [-0.15, -0.1) is 0 Å². The number of aromatic nitrogens is 2. The van der Waals surface area contributed by atoms with Gasteiger partial charge in [-0.25, -0.2) is 9.48 Å². The molecule has 0 radical (unpaired) electrons. The molecule has 3 aromatic rings. The molecule has 5 nitrogen and oxygen atoms in total. The monoisotopic (exact) mass is 414 g/mol. The molecule has 2 aromatic carbocycles. The van der Waals surface area contributed by atoms with Gasteiger partial charge in [0.05, 0.1) is 5.39 Å². The van der Waals surface area contributed by atoms with Crippen LogP contribution in [0.1, 0.15) is 35.8 Å². The third-order valence-corrected chi connectivity index (χ3v) is 4.60. The Morgan fingerprint density at radius 3 is 2.50 bits per heavy atom. The fraction of sp³-hybridized carbons (Fsp3) is 0.250. The van der Waals surface area contributed by atoms with Gasteiger partial charge in [-0.2, -0.15) is 5.10 Å². The number of halogens is 1. The van der Waals surface area contributed by atoms with E-state index in [9.17, 15) is 9.59 Å². The quantitative estimate of drug-likeness (QED) is 0.563. The second-order valence-corrected chi connectivity index (χ2v) is 6.89. The van der Waals surface area contributed by atoms with E-state index in [1.54, 1.807) is 24.3 Å². The van der Waals surface area contributed by atoms with E-state index in [1.807, 2.05) is 31.2 Å².